The average molecular weight is 499 g/mol. The van der Waals surface area contributed by atoms with E-state index in [1.807, 2.05) is 12.1 Å². The van der Waals surface area contributed by atoms with Gasteiger partial charge in [0.1, 0.15) is 11.5 Å². The van der Waals surface area contributed by atoms with Crippen molar-refractivity contribution >= 4 is 17.6 Å². The first-order valence-corrected chi connectivity index (χ1v) is 13.9. The number of anilines is 1. The number of carbonyl (C=O) groups excluding carboxylic acids is 2. The number of hydrogen-bond donors (Lipinski definition) is 2. The van der Waals surface area contributed by atoms with Crippen LogP contribution in [0.2, 0.25) is 0 Å². The smallest absolute Gasteiger partial charge is 0.322 e. The number of nitrogens with one attached hydrogen (secondary N) is 2. The number of rotatable bonds is 9. The molecule has 4 aliphatic rings. The zero-order valence-electron chi connectivity index (χ0n) is 21.8. The van der Waals surface area contributed by atoms with Crippen LogP contribution in [0.1, 0.15) is 57.8 Å². The van der Waals surface area contributed by atoms with Crippen molar-refractivity contribution in [3.05, 3.63) is 18.2 Å². The predicted molar refractivity (Wildman–Crippen MR) is 139 cm³/mol. The van der Waals surface area contributed by atoms with Crippen LogP contribution in [0, 0.1) is 17.8 Å². The minimum absolute atomic E-state index is 0.0669. The molecule has 4 atom stereocenters. The lowest BCUT2D eigenvalue weighted by Gasteiger charge is -2.57. The van der Waals surface area contributed by atoms with Crippen molar-refractivity contribution in [2.45, 2.75) is 69.9 Å². The first-order chi connectivity index (χ1) is 17.6. The zero-order valence-corrected chi connectivity index (χ0v) is 21.8. The number of amides is 3. The largest absolute Gasteiger partial charge is 0.497 e. The Hall–Kier alpha value is -2.48. The van der Waals surface area contributed by atoms with Crippen molar-refractivity contribution in [3.8, 4) is 11.5 Å². The summed E-state index contributed by atoms with van der Waals surface area (Å²) in [5.74, 6) is 3.10. The second-order valence-electron chi connectivity index (χ2n) is 11.1. The van der Waals surface area contributed by atoms with E-state index < -0.39 is 0 Å². The van der Waals surface area contributed by atoms with Gasteiger partial charge < -0.3 is 25.0 Å². The summed E-state index contributed by atoms with van der Waals surface area (Å²) in [6, 6.07) is 6.11. The van der Waals surface area contributed by atoms with Gasteiger partial charge in [0.2, 0.25) is 5.91 Å². The van der Waals surface area contributed by atoms with Crippen molar-refractivity contribution in [3.63, 3.8) is 0 Å². The van der Waals surface area contributed by atoms with E-state index in [4.69, 9.17) is 9.47 Å². The van der Waals surface area contributed by atoms with Crippen LogP contribution in [-0.2, 0) is 4.79 Å². The highest BCUT2D eigenvalue weighted by Gasteiger charge is 2.49. The SMILES string of the molecule is COc1ccc(NC(=O)N2C[C@@H]3CCCN4CCC[C@@H]([C@H]34)[C@H]2CCCC(=O)NCC2CC2)c(OC)c1. The molecule has 8 nitrogen and oxygen atoms in total. The van der Waals surface area contributed by atoms with Crippen LogP contribution in [0.3, 0.4) is 0 Å². The fourth-order valence-corrected chi connectivity index (χ4v) is 6.83. The molecule has 5 rings (SSSR count). The van der Waals surface area contributed by atoms with Crippen molar-refractivity contribution in [1.82, 2.24) is 15.1 Å². The fourth-order valence-electron chi connectivity index (χ4n) is 6.83. The molecule has 36 heavy (non-hydrogen) atoms. The third kappa shape index (κ3) is 5.58. The highest BCUT2D eigenvalue weighted by atomic mass is 16.5. The summed E-state index contributed by atoms with van der Waals surface area (Å²) in [6.07, 6.45) is 9.44. The second kappa shape index (κ2) is 11.3. The molecule has 1 saturated carbocycles. The van der Waals surface area contributed by atoms with E-state index in [0.29, 0.717) is 47.4 Å². The molecule has 198 valence electrons. The van der Waals surface area contributed by atoms with Crippen LogP contribution in [-0.4, -0.2) is 74.2 Å². The lowest BCUT2D eigenvalue weighted by Crippen LogP contribution is -2.66. The average Bonchev–Trinajstić information content (AvgIpc) is 3.73. The molecule has 4 fully saturated rings. The molecule has 1 aliphatic carbocycles. The summed E-state index contributed by atoms with van der Waals surface area (Å²) in [7, 11) is 3.22. The number of benzene rings is 1. The Labute approximate surface area is 215 Å². The molecular formula is C28H42N4O4. The van der Waals surface area contributed by atoms with E-state index in [1.54, 1.807) is 20.3 Å². The topological polar surface area (TPSA) is 83.1 Å². The molecule has 0 aromatic heterocycles. The quantitative estimate of drug-likeness (QED) is 0.536. The Morgan fingerprint density at radius 3 is 2.61 bits per heavy atom. The Balaban J connectivity index is 1.30. The molecule has 1 aromatic rings. The fraction of sp³-hybridized carbons (Fsp3) is 0.714. The van der Waals surface area contributed by atoms with Gasteiger partial charge in [0.05, 0.1) is 19.9 Å². The van der Waals surface area contributed by atoms with Gasteiger partial charge in [-0.3, -0.25) is 9.69 Å². The monoisotopic (exact) mass is 498 g/mol. The van der Waals surface area contributed by atoms with Gasteiger partial charge in [0.15, 0.2) is 0 Å². The minimum atomic E-state index is -0.0669. The van der Waals surface area contributed by atoms with Gasteiger partial charge >= 0.3 is 6.03 Å². The van der Waals surface area contributed by atoms with E-state index in [9.17, 15) is 9.59 Å². The van der Waals surface area contributed by atoms with Crippen LogP contribution < -0.4 is 20.1 Å². The Bertz CT molecular complexity index is 934. The number of carbonyl (C=O) groups is 2. The van der Waals surface area contributed by atoms with E-state index >= 15 is 0 Å². The number of methoxy groups -OCH3 is 2. The first-order valence-electron chi connectivity index (χ1n) is 13.9. The molecule has 0 radical (unpaired) electrons. The highest BCUT2D eigenvalue weighted by Crippen LogP contribution is 2.43. The summed E-state index contributed by atoms with van der Waals surface area (Å²) in [6.45, 7) is 3.97. The van der Waals surface area contributed by atoms with E-state index in [-0.39, 0.29) is 18.0 Å². The molecule has 0 bridgehead atoms. The molecule has 1 aromatic carbocycles. The number of ether oxygens (including phenoxy) is 2. The minimum Gasteiger partial charge on any atom is -0.497 e. The lowest BCUT2D eigenvalue weighted by molar-refractivity contribution is -0.121. The maximum absolute atomic E-state index is 13.8. The van der Waals surface area contributed by atoms with Crippen molar-refractivity contribution in [2.75, 3.05) is 45.7 Å². The van der Waals surface area contributed by atoms with Gasteiger partial charge in [-0.25, -0.2) is 4.79 Å². The van der Waals surface area contributed by atoms with E-state index in [1.165, 1.54) is 45.2 Å². The Morgan fingerprint density at radius 2 is 1.86 bits per heavy atom. The number of likely N-dealkylation sites (tertiary alicyclic amines) is 1. The van der Waals surface area contributed by atoms with Crippen LogP contribution in [0.25, 0.3) is 0 Å². The zero-order chi connectivity index (χ0) is 25.1. The summed E-state index contributed by atoms with van der Waals surface area (Å²) in [5.41, 5.74) is 0.651. The Kier molecular flexibility index (Phi) is 7.89. The summed E-state index contributed by atoms with van der Waals surface area (Å²) >= 11 is 0. The second-order valence-corrected chi connectivity index (χ2v) is 11.1. The van der Waals surface area contributed by atoms with Crippen molar-refractivity contribution in [2.24, 2.45) is 17.8 Å². The standard InChI is InChI=1S/C28H42N4O4/c1-35-21-12-13-23(25(16-21)36-2)30-28(34)32-18-20-6-4-14-31-15-5-7-22(27(20)31)24(32)8-3-9-26(33)29-17-19-10-11-19/h12-13,16,19-20,22,24,27H,3-11,14-15,17-18H2,1-2H3,(H,29,33)(H,30,34)/t20-,22+,24+,27-/m0/s1. The maximum Gasteiger partial charge on any atom is 0.322 e. The van der Waals surface area contributed by atoms with Gasteiger partial charge in [0.25, 0.3) is 0 Å². The molecule has 3 amide bonds. The summed E-state index contributed by atoms with van der Waals surface area (Å²) < 4.78 is 10.8. The molecular weight excluding hydrogens is 456 g/mol. The van der Waals surface area contributed by atoms with Gasteiger partial charge in [0, 0.05) is 37.7 Å². The van der Waals surface area contributed by atoms with Gasteiger partial charge in [-0.1, -0.05) is 0 Å². The molecule has 3 aliphatic heterocycles. The molecule has 8 heteroatoms. The van der Waals surface area contributed by atoms with Crippen LogP contribution in [0.4, 0.5) is 10.5 Å². The predicted octanol–water partition coefficient (Wildman–Crippen LogP) is 4.11. The normalized spacial score (nSPS) is 27.7. The summed E-state index contributed by atoms with van der Waals surface area (Å²) in [5, 5.41) is 6.23. The van der Waals surface area contributed by atoms with Gasteiger partial charge in [-0.05, 0) is 94.3 Å². The Morgan fingerprint density at radius 1 is 1.06 bits per heavy atom. The first kappa shape index (κ1) is 25.2. The maximum atomic E-state index is 13.8. The third-order valence-electron chi connectivity index (χ3n) is 8.77. The van der Waals surface area contributed by atoms with E-state index in [2.05, 4.69) is 20.4 Å². The molecule has 2 N–H and O–H groups in total. The highest BCUT2D eigenvalue weighted by molar-refractivity contribution is 5.91. The molecule has 3 saturated heterocycles. The molecule has 0 spiro atoms. The van der Waals surface area contributed by atoms with Crippen molar-refractivity contribution < 1.29 is 19.1 Å². The van der Waals surface area contributed by atoms with Crippen molar-refractivity contribution in [1.29, 1.82) is 0 Å². The number of nitrogens with zero attached hydrogens (tertiary/aromatic N) is 2. The third-order valence-corrected chi connectivity index (χ3v) is 8.77. The van der Waals surface area contributed by atoms with Gasteiger partial charge in [-0.2, -0.15) is 0 Å². The van der Waals surface area contributed by atoms with Crippen LogP contribution >= 0.6 is 0 Å². The lowest BCUT2D eigenvalue weighted by atomic mass is 9.69. The van der Waals surface area contributed by atoms with Gasteiger partial charge in [-0.15, -0.1) is 0 Å². The molecule has 0 unspecified atom stereocenters. The molecule has 3 heterocycles. The van der Waals surface area contributed by atoms with Crippen LogP contribution in [0.15, 0.2) is 18.2 Å². The van der Waals surface area contributed by atoms with E-state index in [0.717, 1.165) is 32.4 Å². The van der Waals surface area contributed by atoms with Crippen LogP contribution in [0.5, 0.6) is 11.5 Å². The number of hydrogen-bond acceptors (Lipinski definition) is 5. The number of piperidine rings is 3. The number of urea groups is 1. The summed E-state index contributed by atoms with van der Waals surface area (Å²) in [4.78, 5) is 30.9.